The van der Waals surface area contributed by atoms with Crippen LogP contribution in [0.1, 0.15) is 64.2 Å². The molecule has 0 unspecified atom stereocenters. The molecule has 0 radical (unpaired) electrons. The molecule has 0 fully saturated rings. The zero-order chi connectivity index (χ0) is 24.7. The first-order valence-electron chi connectivity index (χ1n) is 14.0. The molecule has 36 heavy (non-hydrogen) atoms. The van der Waals surface area contributed by atoms with Crippen LogP contribution in [0.15, 0.2) is 110 Å². The van der Waals surface area contributed by atoms with E-state index in [9.17, 15) is 0 Å². The van der Waals surface area contributed by atoms with Crippen LogP contribution in [-0.4, -0.2) is 0 Å². The molecule has 2 nitrogen and oxygen atoms in total. The second-order valence-electron chi connectivity index (χ2n) is 9.93. The van der Waals surface area contributed by atoms with Gasteiger partial charge in [-0.05, 0) is 36.1 Å². The molecule has 2 aromatic carbocycles. The Bertz CT molecular complexity index is 1040. The maximum atomic E-state index is 2.35. The van der Waals surface area contributed by atoms with Gasteiger partial charge < -0.3 is 0 Å². The van der Waals surface area contributed by atoms with Crippen molar-refractivity contribution in [2.75, 3.05) is 0 Å². The fourth-order valence-corrected chi connectivity index (χ4v) is 4.93. The number of hydrogen-bond acceptors (Lipinski definition) is 0. The van der Waals surface area contributed by atoms with E-state index in [1.807, 2.05) is 0 Å². The number of aromatic nitrogens is 2. The van der Waals surface area contributed by atoms with Gasteiger partial charge in [-0.25, -0.2) is 9.13 Å². The van der Waals surface area contributed by atoms with Gasteiger partial charge in [-0.2, -0.15) is 0 Å². The second kappa shape index (κ2) is 15.0. The van der Waals surface area contributed by atoms with Gasteiger partial charge in [-0.1, -0.05) is 99.2 Å². The van der Waals surface area contributed by atoms with Crippen LogP contribution in [0.3, 0.4) is 0 Å². The summed E-state index contributed by atoms with van der Waals surface area (Å²) in [4.78, 5) is 0. The van der Waals surface area contributed by atoms with Crippen molar-refractivity contribution in [3.8, 4) is 22.3 Å². The van der Waals surface area contributed by atoms with E-state index in [1.165, 1.54) is 86.5 Å². The summed E-state index contributed by atoms with van der Waals surface area (Å²) in [7, 11) is 0. The van der Waals surface area contributed by atoms with Crippen molar-refractivity contribution < 1.29 is 9.13 Å². The van der Waals surface area contributed by atoms with Gasteiger partial charge in [0.25, 0.3) is 0 Å². The number of rotatable bonds is 15. The largest absolute Gasteiger partial charge is 0.205 e. The molecule has 0 aliphatic carbocycles. The van der Waals surface area contributed by atoms with Crippen LogP contribution in [0.2, 0.25) is 0 Å². The Morgan fingerprint density at radius 3 is 1.06 bits per heavy atom. The van der Waals surface area contributed by atoms with Gasteiger partial charge in [-0.3, -0.25) is 0 Å². The minimum atomic E-state index is 1.12. The Morgan fingerprint density at radius 1 is 0.333 bits per heavy atom. The first-order valence-corrected chi connectivity index (χ1v) is 14.0. The summed E-state index contributed by atoms with van der Waals surface area (Å²) in [5.74, 6) is 0. The molecule has 2 aromatic heterocycles. The maximum absolute atomic E-state index is 2.35. The van der Waals surface area contributed by atoms with E-state index in [0.717, 1.165) is 13.1 Å². The molecule has 0 saturated carbocycles. The molecule has 2 heteroatoms. The zero-order valence-corrected chi connectivity index (χ0v) is 21.8. The van der Waals surface area contributed by atoms with Crippen molar-refractivity contribution in [3.63, 3.8) is 0 Å². The van der Waals surface area contributed by atoms with E-state index >= 15 is 0 Å². The monoisotopic (exact) mass is 478 g/mol. The highest BCUT2D eigenvalue weighted by atomic mass is 14.9. The van der Waals surface area contributed by atoms with Crippen LogP contribution in [-0.2, 0) is 13.1 Å². The first kappa shape index (κ1) is 25.8. The minimum absolute atomic E-state index is 1.12. The number of pyridine rings is 2. The summed E-state index contributed by atoms with van der Waals surface area (Å²) in [6, 6.07) is 30.1. The molecule has 0 aliphatic heterocycles. The maximum Gasteiger partial charge on any atom is 0.176 e. The molecule has 0 N–H and O–H groups in total. The van der Waals surface area contributed by atoms with Gasteiger partial charge in [-0.15, -0.1) is 0 Å². The van der Waals surface area contributed by atoms with Crippen LogP contribution < -0.4 is 9.13 Å². The molecule has 2 heterocycles. The lowest BCUT2D eigenvalue weighted by Crippen LogP contribution is -2.32. The van der Waals surface area contributed by atoms with Crippen molar-refractivity contribution in [1.82, 2.24) is 0 Å². The van der Waals surface area contributed by atoms with E-state index in [4.69, 9.17) is 0 Å². The SMILES string of the molecule is c1ccc(-c2ccc[n+](CCCCCCCCCCCC[n+]3cccc(-c4ccccc4)c3)c2)cc1. The highest BCUT2D eigenvalue weighted by Crippen LogP contribution is 2.17. The van der Waals surface area contributed by atoms with Crippen LogP contribution in [0, 0.1) is 0 Å². The Hall–Kier alpha value is -3.26. The number of nitrogens with zero attached hydrogens (tertiary/aromatic N) is 2. The van der Waals surface area contributed by atoms with Crippen LogP contribution in [0.25, 0.3) is 22.3 Å². The number of hydrogen-bond donors (Lipinski definition) is 0. The molecule has 0 amide bonds. The lowest BCUT2D eigenvalue weighted by Gasteiger charge is -2.04. The lowest BCUT2D eigenvalue weighted by molar-refractivity contribution is -0.697. The molecule has 0 bridgehead atoms. The fourth-order valence-electron chi connectivity index (χ4n) is 4.93. The molecule has 4 rings (SSSR count). The summed E-state index contributed by atoms with van der Waals surface area (Å²) in [5, 5.41) is 0. The number of unbranched alkanes of at least 4 members (excludes halogenated alkanes) is 9. The van der Waals surface area contributed by atoms with Crippen molar-refractivity contribution in [2.24, 2.45) is 0 Å². The molecule has 0 saturated heterocycles. The highest BCUT2D eigenvalue weighted by Gasteiger charge is 2.06. The van der Waals surface area contributed by atoms with Crippen LogP contribution in [0.4, 0.5) is 0 Å². The van der Waals surface area contributed by atoms with Gasteiger partial charge in [0.1, 0.15) is 13.1 Å². The van der Waals surface area contributed by atoms with E-state index in [2.05, 4.69) is 119 Å². The quantitative estimate of drug-likeness (QED) is 0.120. The van der Waals surface area contributed by atoms with Crippen molar-refractivity contribution in [1.29, 1.82) is 0 Å². The van der Waals surface area contributed by atoms with Gasteiger partial charge in [0.05, 0.1) is 0 Å². The molecular formula is C34H42N2+2. The predicted octanol–water partition coefficient (Wildman–Crippen LogP) is 8.20. The average Bonchev–Trinajstić information content (AvgIpc) is 2.95. The number of benzene rings is 2. The molecule has 0 spiro atoms. The summed E-state index contributed by atoms with van der Waals surface area (Å²) in [5.41, 5.74) is 5.19. The summed E-state index contributed by atoms with van der Waals surface area (Å²) < 4.78 is 4.69. The Labute approximate surface area is 218 Å². The molecule has 4 aromatic rings. The minimum Gasteiger partial charge on any atom is -0.205 e. The molecule has 186 valence electrons. The third-order valence-electron chi connectivity index (χ3n) is 7.01. The number of aryl methyl sites for hydroxylation is 2. The average molecular weight is 479 g/mol. The first-order chi connectivity index (χ1) is 17.9. The third-order valence-corrected chi connectivity index (χ3v) is 7.01. The normalized spacial score (nSPS) is 11.0. The highest BCUT2D eigenvalue weighted by molar-refractivity contribution is 5.61. The second-order valence-corrected chi connectivity index (χ2v) is 9.93. The predicted molar refractivity (Wildman–Crippen MR) is 150 cm³/mol. The molecule has 0 atom stereocenters. The molecule has 0 aliphatic rings. The van der Waals surface area contributed by atoms with Gasteiger partial charge >= 0.3 is 0 Å². The topological polar surface area (TPSA) is 7.76 Å². The van der Waals surface area contributed by atoms with E-state index < -0.39 is 0 Å². The van der Waals surface area contributed by atoms with E-state index in [-0.39, 0.29) is 0 Å². The van der Waals surface area contributed by atoms with E-state index in [1.54, 1.807) is 0 Å². The Balaban J connectivity index is 1.00. The van der Waals surface area contributed by atoms with Gasteiger partial charge in [0, 0.05) is 36.1 Å². The van der Waals surface area contributed by atoms with Crippen molar-refractivity contribution in [2.45, 2.75) is 77.3 Å². The Morgan fingerprint density at radius 2 is 0.667 bits per heavy atom. The summed E-state index contributed by atoms with van der Waals surface area (Å²) >= 11 is 0. The fraction of sp³-hybridized carbons (Fsp3) is 0.353. The van der Waals surface area contributed by atoms with Crippen molar-refractivity contribution >= 4 is 0 Å². The lowest BCUT2D eigenvalue weighted by atomic mass is 10.1. The standard InChI is InChI=1S/C34H42N2/c1(3-5-7-15-25-35-27-17-23-33(29-35)31-19-11-9-12-20-31)2-4-6-8-16-26-36-28-18-24-34(30-36)32-21-13-10-14-22-32/h9-14,17-24,27-30H,1-8,15-16,25-26H2/q+2. The van der Waals surface area contributed by atoms with E-state index in [0.29, 0.717) is 0 Å². The summed E-state index contributed by atoms with van der Waals surface area (Å²) in [6.07, 6.45) is 22.5. The van der Waals surface area contributed by atoms with Crippen LogP contribution in [0.5, 0.6) is 0 Å². The van der Waals surface area contributed by atoms with Gasteiger partial charge in [0.15, 0.2) is 24.8 Å². The smallest absolute Gasteiger partial charge is 0.176 e. The molecular weight excluding hydrogens is 436 g/mol. The summed E-state index contributed by atoms with van der Waals surface area (Å²) in [6.45, 7) is 2.24. The third kappa shape index (κ3) is 8.75. The zero-order valence-electron chi connectivity index (χ0n) is 21.8. The van der Waals surface area contributed by atoms with Crippen LogP contribution >= 0.6 is 0 Å². The van der Waals surface area contributed by atoms with Gasteiger partial charge in [0.2, 0.25) is 0 Å². The van der Waals surface area contributed by atoms with Crippen molar-refractivity contribution in [3.05, 3.63) is 110 Å². The Kier molecular flexibility index (Phi) is 10.7.